The topological polar surface area (TPSA) is 0 Å². The summed E-state index contributed by atoms with van der Waals surface area (Å²) < 4.78 is 0. The zero-order valence-corrected chi connectivity index (χ0v) is 35.0. The molecule has 0 aromatic rings. The molecule has 0 aliphatic carbocycles. The van der Waals surface area contributed by atoms with Gasteiger partial charge in [-0.15, -0.1) is 33.2 Å². The number of hydrogen-bond donors (Lipinski definition) is 0. The Kier molecular flexibility index (Phi) is 41.5. The molecule has 0 aromatic carbocycles. The van der Waals surface area contributed by atoms with Crippen molar-refractivity contribution >= 4 is 33.2 Å². The monoisotopic (exact) mass is 751 g/mol. The van der Waals surface area contributed by atoms with Crippen LogP contribution in [0.1, 0.15) is 259 Å². The molecule has 2 heteroatoms. The summed E-state index contributed by atoms with van der Waals surface area (Å²) in [5.74, 6) is 0.937. The van der Waals surface area contributed by atoms with E-state index in [1.54, 1.807) is 0 Å². The molecule has 0 heterocycles. The van der Waals surface area contributed by atoms with Gasteiger partial charge in [-0.05, 0) is 36.8 Å². The summed E-state index contributed by atoms with van der Waals surface area (Å²) in [4.78, 5) is 0. The Morgan fingerprint density at radius 1 is 0.318 bits per heavy atom. The maximum atomic E-state index is 3.56. The van der Waals surface area contributed by atoms with Gasteiger partial charge in [-0.2, -0.15) is 0 Å². The van der Waals surface area contributed by atoms with Gasteiger partial charge in [0.25, 0.3) is 0 Å². The molecule has 0 spiro atoms. The highest BCUT2D eigenvalue weighted by atomic mass is 127. The average molecular weight is 751 g/mol. The lowest BCUT2D eigenvalue weighted by molar-refractivity contribution is 0.269. The lowest BCUT2D eigenvalue weighted by atomic mass is 9.77. The Morgan fingerprint density at radius 3 is 0.773 bits per heavy atom. The predicted octanol–water partition coefficient (Wildman–Crippen LogP) is 17.0. The maximum absolute atomic E-state index is 3.56. The van der Waals surface area contributed by atoms with Gasteiger partial charge in [-0.1, -0.05) is 233 Å². The van der Waals surface area contributed by atoms with Crippen LogP contribution in [0.5, 0.6) is 0 Å². The molecule has 0 fully saturated rings. The van der Waals surface area contributed by atoms with Gasteiger partial charge in [0.1, 0.15) is 0 Å². The molecule has 268 valence electrons. The molecule has 0 nitrogen and oxygen atoms in total. The summed E-state index contributed by atoms with van der Waals surface area (Å²) >= 11 is 0. The van der Waals surface area contributed by atoms with Gasteiger partial charge >= 0.3 is 0 Å². The second-order valence-electron chi connectivity index (χ2n) is 14.9. The first-order valence-corrected chi connectivity index (χ1v) is 21.5. The summed E-state index contributed by atoms with van der Waals surface area (Å²) in [6.07, 6.45) is 52.6. The van der Waals surface area contributed by atoms with Crippen LogP contribution >= 0.6 is 33.2 Å². The summed E-state index contributed by atoms with van der Waals surface area (Å²) in [6, 6.07) is 0. The van der Waals surface area contributed by atoms with Gasteiger partial charge in [0, 0.05) is 0 Å². The molecule has 0 amide bonds. The van der Waals surface area contributed by atoms with Crippen LogP contribution in [-0.2, 0) is 0 Å². The molecule has 0 N–H and O–H groups in total. The Labute approximate surface area is 301 Å². The van der Waals surface area contributed by atoms with Crippen LogP contribution in [-0.4, -0.2) is 5.16 Å². The summed E-state index contributed by atoms with van der Waals surface area (Å²) in [5.41, 5.74) is 0. The first kappa shape index (κ1) is 47.3. The van der Waals surface area contributed by atoms with E-state index < -0.39 is 0 Å². The Balaban J connectivity index is 0. The predicted molar refractivity (Wildman–Crippen MR) is 220 cm³/mol. The molecular formula is C42H88IP. The van der Waals surface area contributed by atoms with Gasteiger partial charge in [0.2, 0.25) is 0 Å². The highest BCUT2D eigenvalue weighted by molar-refractivity contribution is 14.0. The molecule has 0 radical (unpaired) electrons. The lowest BCUT2D eigenvalue weighted by Gasteiger charge is -2.39. The summed E-state index contributed by atoms with van der Waals surface area (Å²) in [5, 5.41) is 0.509. The molecule has 0 rings (SSSR count). The average Bonchev–Trinajstić information content (AvgIpc) is 3.01. The van der Waals surface area contributed by atoms with Crippen molar-refractivity contribution in [3.8, 4) is 0 Å². The molecule has 0 aromatic heterocycles. The second kappa shape index (κ2) is 38.6. The van der Waals surface area contributed by atoms with Crippen LogP contribution in [0.2, 0.25) is 0 Å². The van der Waals surface area contributed by atoms with Crippen molar-refractivity contribution < 1.29 is 0 Å². The third kappa shape index (κ3) is 31.7. The summed E-state index contributed by atoms with van der Waals surface area (Å²) in [6.45, 7) is 9.36. The molecule has 2 atom stereocenters. The number of halogens is 1. The van der Waals surface area contributed by atoms with E-state index in [2.05, 4.69) is 36.9 Å². The highest BCUT2D eigenvalue weighted by Gasteiger charge is 2.32. The minimum Gasteiger partial charge on any atom is -0.131 e. The lowest BCUT2D eigenvalue weighted by Crippen LogP contribution is -2.32. The van der Waals surface area contributed by atoms with E-state index >= 15 is 0 Å². The summed E-state index contributed by atoms with van der Waals surface area (Å²) in [7, 11) is 3.56. The molecule has 0 saturated heterocycles. The number of unbranched alkanes of at least 4 members (excludes halogenated alkanes) is 28. The molecule has 44 heavy (non-hydrogen) atoms. The highest BCUT2D eigenvalue weighted by Crippen LogP contribution is 2.44. The van der Waals surface area contributed by atoms with Crippen molar-refractivity contribution in [2.45, 2.75) is 264 Å². The normalized spacial score (nSPS) is 12.5. The number of rotatable bonds is 37. The van der Waals surface area contributed by atoms with E-state index in [9.17, 15) is 0 Å². The van der Waals surface area contributed by atoms with Crippen molar-refractivity contribution in [1.29, 1.82) is 0 Å². The Hall–Kier alpha value is 1.16. The largest absolute Gasteiger partial charge is 0.131 e. The zero-order valence-electron chi connectivity index (χ0n) is 31.5. The van der Waals surface area contributed by atoms with E-state index in [0.717, 1.165) is 5.92 Å². The van der Waals surface area contributed by atoms with Crippen molar-refractivity contribution in [3.63, 3.8) is 0 Å². The van der Waals surface area contributed by atoms with Crippen LogP contribution in [0.25, 0.3) is 0 Å². The minimum absolute atomic E-state index is 0. The van der Waals surface area contributed by atoms with Crippen LogP contribution in [0, 0.1) is 5.92 Å². The molecule has 0 aliphatic heterocycles. The maximum Gasteiger partial charge on any atom is -0.0122 e. The van der Waals surface area contributed by atoms with Crippen molar-refractivity contribution in [3.05, 3.63) is 0 Å². The Bertz CT molecular complexity index is 490. The van der Waals surface area contributed by atoms with E-state index in [1.807, 2.05) is 0 Å². The van der Waals surface area contributed by atoms with Gasteiger partial charge in [0.15, 0.2) is 0 Å². The van der Waals surface area contributed by atoms with E-state index in [0.29, 0.717) is 5.16 Å². The minimum atomic E-state index is 0. The molecular weight excluding hydrogens is 662 g/mol. The first-order chi connectivity index (χ1) is 21.1. The van der Waals surface area contributed by atoms with Crippen molar-refractivity contribution in [2.75, 3.05) is 0 Å². The van der Waals surface area contributed by atoms with Crippen molar-refractivity contribution in [1.82, 2.24) is 0 Å². The standard InChI is InChI=1S/C42H87P.HI/c1-5-9-13-17-21-22-23-24-25-26-27-28-30-34-38-41(37-33-29-18-14-10-6-2)42(43,39-35-31-19-15-11-7-3)40-36-32-20-16-12-8-4;/h41H,5-40,43H2,1-4H3;1H. The fourth-order valence-electron chi connectivity index (χ4n) is 7.48. The SMILES string of the molecule is CCCCCCCCCCCCCCCCC(CCCCCCCC)C(P)(CCCCCCCC)CCCCCCCC.I. The van der Waals surface area contributed by atoms with Gasteiger partial charge < -0.3 is 0 Å². The quantitative estimate of drug-likeness (QED) is 0.0337. The third-order valence-corrected chi connectivity index (χ3v) is 11.7. The molecule has 2 unspecified atom stereocenters. The van der Waals surface area contributed by atoms with Crippen LogP contribution in [0.15, 0.2) is 0 Å². The first-order valence-electron chi connectivity index (χ1n) is 20.9. The fourth-order valence-corrected chi connectivity index (χ4v) is 8.22. The van der Waals surface area contributed by atoms with E-state index in [4.69, 9.17) is 0 Å². The molecule has 0 saturated carbocycles. The van der Waals surface area contributed by atoms with Gasteiger partial charge in [-0.25, -0.2) is 0 Å². The van der Waals surface area contributed by atoms with E-state index in [-0.39, 0.29) is 24.0 Å². The van der Waals surface area contributed by atoms with E-state index in [1.165, 1.54) is 231 Å². The van der Waals surface area contributed by atoms with Gasteiger partial charge in [-0.3, -0.25) is 0 Å². The third-order valence-electron chi connectivity index (χ3n) is 10.6. The molecule has 0 aliphatic rings. The van der Waals surface area contributed by atoms with Gasteiger partial charge in [0.05, 0.1) is 0 Å². The Morgan fingerprint density at radius 2 is 0.523 bits per heavy atom. The fraction of sp³-hybridized carbons (Fsp3) is 1.00. The number of hydrogen-bond acceptors (Lipinski definition) is 0. The second-order valence-corrected chi connectivity index (χ2v) is 16.1. The molecule has 0 bridgehead atoms. The van der Waals surface area contributed by atoms with Crippen LogP contribution < -0.4 is 0 Å². The zero-order chi connectivity index (χ0) is 31.5. The van der Waals surface area contributed by atoms with Crippen molar-refractivity contribution in [2.24, 2.45) is 5.92 Å². The smallest absolute Gasteiger partial charge is 0.0122 e. The van der Waals surface area contributed by atoms with Crippen LogP contribution in [0.3, 0.4) is 0 Å². The van der Waals surface area contributed by atoms with Crippen LogP contribution in [0.4, 0.5) is 0 Å².